The molecule has 0 saturated heterocycles. The molecule has 0 bridgehead atoms. The highest BCUT2D eigenvalue weighted by molar-refractivity contribution is 6.06. The average molecular weight is 235 g/mol. The quantitative estimate of drug-likeness (QED) is 0.753. The SMILES string of the molecule is Cn1ncnc1NC(=O)c1cc(F)ccc1N. The second kappa shape index (κ2) is 4.20. The van der Waals surface area contributed by atoms with Crippen LogP contribution in [0.4, 0.5) is 16.0 Å². The van der Waals surface area contributed by atoms with Crippen LogP contribution in [0.1, 0.15) is 10.4 Å². The first-order valence-electron chi connectivity index (χ1n) is 4.78. The van der Waals surface area contributed by atoms with Gasteiger partial charge in [0, 0.05) is 12.7 Å². The predicted octanol–water partition coefficient (Wildman–Crippen LogP) is 0.789. The Kier molecular flexibility index (Phi) is 2.73. The van der Waals surface area contributed by atoms with Crippen LogP contribution in [-0.4, -0.2) is 20.7 Å². The summed E-state index contributed by atoms with van der Waals surface area (Å²) in [5.74, 6) is -0.793. The molecular weight excluding hydrogens is 225 g/mol. The maximum atomic E-state index is 13.0. The number of nitrogens with zero attached hydrogens (tertiary/aromatic N) is 3. The van der Waals surface area contributed by atoms with Gasteiger partial charge in [-0.1, -0.05) is 0 Å². The fraction of sp³-hybridized carbons (Fsp3) is 0.100. The van der Waals surface area contributed by atoms with Gasteiger partial charge in [-0.05, 0) is 18.2 Å². The van der Waals surface area contributed by atoms with Crippen LogP contribution in [0.5, 0.6) is 0 Å². The van der Waals surface area contributed by atoms with E-state index < -0.39 is 11.7 Å². The van der Waals surface area contributed by atoms with Gasteiger partial charge in [-0.25, -0.2) is 9.07 Å². The van der Waals surface area contributed by atoms with Gasteiger partial charge < -0.3 is 5.73 Å². The van der Waals surface area contributed by atoms with Crippen LogP contribution in [0.2, 0.25) is 0 Å². The van der Waals surface area contributed by atoms with E-state index in [0.717, 1.165) is 6.07 Å². The van der Waals surface area contributed by atoms with E-state index in [1.165, 1.54) is 23.1 Å². The van der Waals surface area contributed by atoms with Crippen LogP contribution in [0.25, 0.3) is 0 Å². The largest absolute Gasteiger partial charge is 0.398 e. The number of nitrogens with one attached hydrogen (secondary N) is 1. The van der Waals surface area contributed by atoms with Crippen LogP contribution in [0.15, 0.2) is 24.5 Å². The third-order valence-electron chi connectivity index (χ3n) is 2.20. The van der Waals surface area contributed by atoms with Gasteiger partial charge in [-0.15, -0.1) is 0 Å². The number of halogens is 1. The minimum atomic E-state index is -0.530. The molecule has 2 aromatic rings. The number of hydrogen-bond donors (Lipinski definition) is 2. The van der Waals surface area contributed by atoms with Crippen molar-refractivity contribution in [2.24, 2.45) is 7.05 Å². The lowest BCUT2D eigenvalue weighted by Crippen LogP contribution is -2.17. The average Bonchev–Trinajstić information content (AvgIpc) is 2.68. The molecule has 7 heteroatoms. The molecule has 0 aliphatic rings. The Balaban J connectivity index is 2.26. The zero-order valence-corrected chi connectivity index (χ0v) is 9.01. The molecule has 6 nitrogen and oxygen atoms in total. The maximum absolute atomic E-state index is 13.0. The first-order valence-corrected chi connectivity index (χ1v) is 4.78. The summed E-state index contributed by atoms with van der Waals surface area (Å²) < 4.78 is 14.4. The Hall–Kier alpha value is -2.44. The smallest absolute Gasteiger partial charge is 0.260 e. The summed E-state index contributed by atoms with van der Waals surface area (Å²) in [5.41, 5.74) is 5.85. The molecule has 1 amide bonds. The minimum absolute atomic E-state index is 0.0630. The molecule has 1 aromatic heterocycles. The van der Waals surface area contributed by atoms with Gasteiger partial charge >= 0.3 is 0 Å². The van der Waals surface area contributed by atoms with E-state index in [9.17, 15) is 9.18 Å². The highest BCUT2D eigenvalue weighted by atomic mass is 19.1. The van der Waals surface area contributed by atoms with Crippen molar-refractivity contribution in [1.29, 1.82) is 0 Å². The monoisotopic (exact) mass is 235 g/mol. The number of hydrogen-bond acceptors (Lipinski definition) is 4. The molecule has 0 unspecified atom stereocenters. The summed E-state index contributed by atoms with van der Waals surface area (Å²) in [6.07, 6.45) is 1.30. The summed E-state index contributed by atoms with van der Waals surface area (Å²) in [6.45, 7) is 0. The van der Waals surface area contributed by atoms with Gasteiger partial charge in [0.25, 0.3) is 5.91 Å². The maximum Gasteiger partial charge on any atom is 0.260 e. The zero-order chi connectivity index (χ0) is 12.4. The van der Waals surface area contributed by atoms with E-state index >= 15 is 0 Å². The molecule has 0 aliphatic carbocycles. The standard InChI is InChI=1S/C10H10FN5O/c1-16-10(13-5-14-16)15-9(17)7-4-6(11)2-3-8(7)12/h2-5H,12H2,1H3,(H,13,14,15,17). The predicted molar refractivity (Wildman–Crippen MR) is 59.8 cm³/mol. The number of aryl methyl sites for hydroxylation is 1. The van der Waals surface area contributed by atoms with Crippen LogP contribution in [-0.2, 0) is 7.05 Å². The summed E-state index contributed by atoms with van der Waals surface area (Å²) in [4.78, 5) is 15.6. The summed E-state index contributed by atoms with van der Waals surface area (Å²) in [5, 5.41) is 6.27. The number of aromatic nitrogens is 3. The topological polar surface area (TPSA) is 85.8 Å². The Morgan fingerprint density at radius 2 is 2.29 bits per heavy atom. The molecule has 0 aliphatic heterocycles. The molecule has 0 radical (unpaired) electrons. The minimum Gasteiger partial charge on any atom is -0.398 e. The van der Waals surface area contributed by atoms with Crippen LogP contribution in [0, 0.1) is 5.82 Å². The van der Waals surface area contributed by atoms with Crippen molar-refractivity contribution >= 4 is 17.5 Å². The lowest BCUT2D eigenvalue weighted by atomic mass is 10.1. The van der Waals surface area contributed by atoms with E-state index in [2.05, 4.69) is 15.4 Å². The number of benzene rings is 1. The zero-order valence-electron chi connectivity index (χ0n) is 9.01. The lowest BCUT2D eigenvalue weighted by molar-refractivity contribution is 0.102. The number of amides is 1. The Morgan fingerprint density at radius 3 is 2.94 bits per heavy atom. The van der Waals surface area contributed by atoms with E-state index in [1.54, 1.807) is 7.05 Å². The fourth-order valence-electron chi connectivity index (χ4n) is 1.30. The summed E-state index contributed by atoms with van der Waals surface area (Å²) in [6, 6.07) is 3.59. The van der Waals surface area contributed by atoms with E-state index in [0.29, 0.717) is 0 Å². The van der Waals surface area contributed by atoms with Crippen molar-refractivity contribution < 1.29 is 9.18 Å². The third kappa shape index (κ3) is 2.22. The summed E-state index contributed by atoms with van der Waals surface area (Å²) in [7, 11) is 1.62. The van der Waals surface area contributed by atoms with Gasteiger partial charge in [-0.3, -0.25) is 10.1 Å². The van der Waals surface area contributed by atoms with Crippen LogP contribution in [0.3, 0.4) is 0 Å². The molecule has 0 saturated carbocycles. The number of carbonyl (C=O) groups is 1. The Morgan fingerprint density at radius 1 is 1.53 bits per heavy atom. The Bertz CT molecular complexity index is 566. The number of rotatable bonds is 2. The normalized spacial score (nSPS) is 10.2. The van der Waals surface area contributed by atoms with Gasteiger partial charge in [-0.2, -0.15) is 10.1 Å². The van der Waals surface area contributed by atoms with Gasteiger partial charge in [0.05, 0.1) is 5.56 Å². The number of nitrogens with two attached hydrogens (primary N) is 1. The molecule has 1 aromatic carbocycles. The van der Waals surface area contributed by atoms with Crippen LogP contribution >= 0.6 is 0 Å². The number of nitrogen functional groups attached to an aromatic ring is 1. The van der Waals surface area contributed by atoms with Crippen molar-refractivity contribution in [3.05, 3.63) is 35.9 Å². The highest BCUT2D eigenvalue weighted by Crippen LogP contribution is 2.14. The molecule has 0 fully saturated rings. The van der Waals surface area contributed by atoms with E-state index in [1.807, 2.05) is 0 Å². The number of carbonyl (C=O) groups excluding carboxylic acids is 1. The lowest BCUT2D eigenvalue weighted by Gasteiger charge is -2.06. The second-order valence-electron chi connectivity index (χ2n) is 3.39. The second-order valence-corrected chi connectivity index (χ2v) is 3.39. The van der Waals surface area contributed by atoms with Gasteiger partial charge in [0.1, 0.15) is 12.1 Å². The molecule has 1 heterocycles. The fourth-order valence-corrected chi connectivity index (χ4v) is 1.30. The van der Waals surface area contributed by atoms with Crippen molar-refractivity contribution in [3.63, 3.8) is 0 Å². The third-order valence-corrected chi connectivity index (χ3v) is 2.20. The van der Waals surface area contributed by atoms with Crippen LogP contribution < -0.4 is 11.1 Å². The van der Waals surface area contributed by atoms with E-state index in [4.69, 9.17) is 5.73 Å². The van der Waals surface area contributed by atoms with Crippen molar-refractivity contribution in [2.45, 2.75) is 0 Å². The van der Waals surface area contributed by atoms with Gasteiger partial charge in [0.2, 0.25) is 5.95 Å². The first kappa shape index (κ1) is 11.1. The molecule has 0 spiro atoms. The molecular formula is C10H10FN5O. The Labute approximate surface area is 96.3 Å². The molecule has 88 valence electrons. The summed E-state index contributed by atoms with van der Waals surface area (Å²) >= 11 is 0. The first-order chi connectivity index (χ1) is 8.08. The van der Waals surface area contributed by atoms with Crippen molar-refractivity contribution in [1.82, 2.24) is 14.8 Å². The molecule has 17 heavy (non-hydrogen) atoms. The highest BCUT2D eigenvalue weighted by Gasteiger charge is 2.13. The molecule has 0 atom stereocenters. The number of anilines is 2. The molecule has 3 N–H and O–H groups in total. The van der Waals surface area contributed by atoms with Crippen molar-refractivity contribution in [3.8, 4) is 0 Å². The molecule has 2 rings (SSSR count). The van der Waals surface area contributed by atoms with Crippen molar-refractivity contribution in [2.75, 3.05) is 11.1 Å². The van der Waals surface area contributed by atoms with Gasteiger partial charge in [0.15, 0.2) is 0 Å². The van der Waals surface area contributed by atoms with E-state index in [-0.39, 0.29) is 17.2 Å².